The van der Waals surface area contributed by atoms with Gasteiger partial charge in [-0.05, 0) is 166 Å². The molecule has 0 unspecified atom stereocenters. The van der Waals surface area contributed by atoms with Crippen LogP contribution in [0.4, 0.5) is 22.7 Å². The summed E-state index contributed by atoms with van der Waals surface area (Å²) in [5, 5.41) is 2.38. The number of ether oxygens (including phenoxy) is 1. The Bertz CT molecular complexity index is 3230. The molecule has 1 heterocycles. The minimum atomic E-state index is -0.117. The van der Waals surface area contributed by atoms with Crippen LogP contribution in [0.5, 0.6) is 11.5 Å². The fourth-order valence-electron chi connectivity index (χ4n) is 10.6. The van der Waals surface area contributed by atoms with Crippen LogP contribution in [0.2, 0.25) is 0 Å². The maximum absolute atomic E-state index is 6.41. The van der Waals surface area contributed by atoms with E-state index in [1.54, 1.807) is 0 Å². The van der Waals surface area contributed by atoms with Crippen molar-refractivity contribution in [3.8, 4) is 56.0 Å². The van der Waals surface area contributed by atoms with E-state index in [1.165, 1.54) is 72.1 Å². The molecule has 9 aromatic carbocycles. The molecule has 65 heavy (non-hydrogen) atoms. The SMILES string of the molecule is CC1(C)c2ccccc2-c2c1ccc(-c1ccc3ccc(N(c4cccc(Oc5ccccc5)c4)c4cccc(-c5ccccc5)c4)cc3c1)c2-c1cccc2c1CCCN2C(C)(C)C. The summed E-state index contributed by atoms with van der Waals surface area (Å²) < 4.78 is 6.41. The average Bonchev–Trinajstić information content (AvgIpc) is 3.57. The zero-order valence-electron chi connectivity index (χ0n) is 38.0. The number of hydrogen-bond acceptors (Lipinski definition) is 3. The van der Waals surface area contributed by atoms with Crippen molar-refractivity contribution < 1.29 is 4.74 Å². The van der Waals surface area contributed by atoms with E-state index in [1.807, 2.05) is 36.4 Å². The van der Waals surface area contributed by atoms with Crippen molar-refractivity contribution in [2.24, 2.45) is 0 Å². The number of benzene rings is 9. The Balaban J connectivity index is 1.09. The van der Waals surface area contributed by atoms with Gasteiger partial charge in [0, 0.05) is 46.3 Å². The summed E-state index contributed by atoms with van der Waals surface area (Å²) in [7, 11) is 0. The smallest absolute Gasteiger partial charge is 0.129 e. The van der Waals surface area contributed by atoms with E-state index in [-0.39, 0.29) is 11.0 Å². The van der Waals surface area contributed by atoms with Gasteiger partial charge in [-0.2, -0.15) is 0 Å². The molecule has 9 aromatic rings. The number of hydrogen-bond donors (Lipinski definition) is 0. The molecule has 11 rings (SSSR count). The van der Waals surface area contributed by atoms with Gasteiger partial charge in [0.15, 0.2) is 0 Å². The van der Waals surface area contributed by atoms with Crippen molar-refractivity contribution in [1.82, 2.24) is 0 Å². The Morgan fingerprint density at radius 3 is 1.95 bits per heavy atom. The van der Waals surface area contributed by atoms with Gasteiger partial charge >= 0.3 is 0 Å². The maximum Gasteiger partial charge on any atom is 0.129 e. The Labute approximate surface area is 384 Å². The summed E-state index contributed by atoms with van der Waals surface area (Å²) in [5.41, 5.74) is 18.9. The quantitative estimate of drug-likeness (QED) is 0.152. The molecule has 3 nitrogen and oxygen atoms in total. The molecule has 2 aliphatic rings. The van der Waals surface area contributed by atoms with Gasteiger partial charge in [0.2, 0.25) is 0 Å². The van der Waals surface area contributed by atoms with E-state index >= 15 is 0 Å². The largest absolute Gasteiger partial charge is 0.457 e. The van der Waals surface area contributed by atoms with Gasteiger partial charge < -0.3 is 14.5 Å². The van der Waals surface area contributed by atoms with E-state index in [0.717, 1.165) is 53.5 Å². The second-order valence-electron chi connectivity index (χ2n) is 19.2. The third-order valence-electron chi connectivity index (χ3n) is 13.7. The molecule has 318 valence electrons. The van der Waals surface area contributed by atoms with Crippen LogP contribution in [0, 0.1) is 0 Å². The number of rotatable bonds is 8. The normalized spacial score (nSPS) is 13.8. The van der Waals surface area contributed by atoms with Crippen LogP contribution in [-0.2, 0) is 11.8 Å². The Morgan fingerprint density at radius 2 is 1.14 bits per heavy atom. The zero-order valence-corrected chi connectivity index (χ0v) is 38.0. The highest BCUT2D eigenvalue weighted by atomic mass is 16.5. The van der Waals surface area contributed by atoms with E-state index in [9.17, 15) is 0 Å². The van der Waals surface area contributed by atoms with Gasteiger partial charge in [0.1, 0.15) is 11.5 Å². The first-order valence-corrected chi connectivity index (χ1v) is 23.1. The van der Waals surface area contributed by atoms with Crippen molar-refractivity contribution in [3.63, 3.8) is 0 Å². The fraction of sp³-hybridized carbons (Fsp3) is 0.161. The lowest BCUT2D eigenvalue weighted by atomic mass is 9.79. The van der Waals surface area contributed by atoms with Gasteiger partial charge in [-0.1, -0.05) is 147 Å². The molecule has 0 bridgehead atoms. The summed E-state index contributed by atoms with van der Waals surface area (Å²) in [6, 6.07) is 72.8. The minimum absolute atomic E-state index is 0.0207. The van der Waals surface area contributed by atoms with E-state index in [2.05, 4.69) is 208 Å². The molecule has 0 atom stereocenters. The van der Waals surface area contributed by atoms with Crippen LogP contribution < -0.4 is 14.5 Å². The van der Waals surface area contributed by atoms with Crippen LogP contribution in [0.25, 0.3) is 55.3 Å². The summed E-state index contributed by atoms with van der Waals surface area (Å²) in [6.45, 7) is 12.9. The van der Waals surface area contributed by atoms with E-state index < -0.39 is 0 Å². The monoisotopic (exact) mass is 842 g/mol. The molecule has 0 N–H and O–H groups in total. The van der Waals surface area contributed by atoms with Crippen molar-refractivity contribution in [2.45, 2.75) is 58.4 Å². The van der Waals surface area contributed by atoms with Crippen LogP contribution >= 0.6 is 0 Å². The summed E-state index contributed by atoms with van der Waals surface area (Å²) in [5.74, 6) is 1.59. The molecule has 1 aliphatic heterocycles. The lowest BCUT2D eigenvalue weighted by Gasteiger charge is -2.42. The first kappa shape index (κ1) is 40.4. The number of fused-ring (bicyclic) bond motifs is 5. The molecular formula is C62H54N2O. The van der Waals surface area contributed by atoms with Gasteiger partial charge in [-0.3, -0.25) is 0 Å². The van der Waals surface area contributed by atoms with Crippen molar-refractivity contribution in [1.29, 1.82) is 0 Å². The predicted octanol–water partition coefficient (Wildman–Crippen LogP) is 17.0. The number of anilines is 4. The van der Waals surface area contributed by atoms with Crippen LogP contribution in [0.15, 0.2) is 200 Å². The molecule has 0 aromatic heterocycles. The first-order valence-electron chi connectivity index (χ1n) is 23.1. The minimum Gasteiger partial charge on any atom is -0.457 e. The lowest BCUT2D eigenvalue weighted by molar-refractivity contribution is 0.483. The fourth-order valence-corrected chi connectivity index (χ4v) is 10.6. The Kier molecular flexibility index (Phi) is 9.96. The lowest BCUT2D eigenvalue weighted by Crippen LogP contribution is -2.44. The molecule has 0 saturated heterocycles. The molecule has 0 amide bonds. The van der Waals surface area contributed by atoms with Gasteiger partial charge in [0.05, 0.1) is 0 Å². The standard InChI is InChI=1S/C62H54N2O/c1-61(2,3)63-37-17-28-53-54(27-16-30-58(53)63)59-52(35-36-57-60(59)55-26-12-13-29-56(55)62(57,4)5)45-32-31-43-33-34-49(40-46(43)38-45)64(47-21-14-20-44(39-47)42-18-8-6-9-19-42)48-22-15-25-51(41-48)65-50-23-10-7-11-24-50/h6-16,18-27,29-36,38-41H,17,28,37H2,1-5H3. The van der Waals surface area contributed by atoms with Crippen molar-refractivity contribution in [3.05, 3.63) is 217 Å². The van der Waals surface area contributed by atoms with Crippen LogP contribution in [0.1, 0.15) is 57.7 Å². The summed E-state index contributed by atoms with van der Waals surface area (Å²) in [6.07, 6.45) is 2.20. The highest BCUT2D eigenvalue weighted by Crippen LogP contribution is 2.56. The third kappa shape index (κ3) is 7.26. The molecule has 1 aliphatic carbocycles. The van der Waals surface area contributed by atoms with Gasteiger partial charge in [-0.15, -0.1) is 0 Å². The third-order valence-corrected chi connectivity index (χ3v) is 13.7. The van der Waals surface area contributed by atoms with E-state index in [4.69, 9.17) is 4.74 Å². The van der Waals surface area contributed by atoms with Gasteiger partial charge in [-0.25, -0.2) is 0 Å². The second-order valence-corrected chi connectivity index (χ2v) is 19.2. The molecule has 3 heteroatoms. The average molecular weight is 843 g/mol. The number of nitrogens with zero attached hydrogens (tertiary/aromatic N) is 2. The van der Waals surface area contributed by atoms with Gasteiger partial charge in [0.25, 0.3) is 0 Å². The maximum atomic E-state index is 6.41. The van der Waals surface area contributed by atoms with Crippen molar-refractivity contribution >= 4 is 33.5 Å². The Hall–Kier alpha value is -7.36. The first-order chi connectivity index (χ1) is 31.6. The van der Waals surface area contributed by atoms with Crippen LogP contribution in [-0.4, -0.2) is 12.1 Å². The summed E-state index contributed by atoms with van der Waals surface area (Å²) in [4.78, 5) is 4.98. The topological polar surface area (TPSA) is 15.7 Å². The number of para-hydroxylation sites is 1. The molecular weight excluding hydrogens is 789 g/mol. The highest BCUT2D eigenvalue weighted by molar-refractivity contribution is 6.03. The molecule has 0 spiro atoms. The zero-order chi connectivity index (χ0) is 44.3. The molecule has 0 radical (unpaired) electrons. The predicted molar refractivity (Wildman–Crippen MR) is 274 cm³/mol. The molecule has 0 saturated carbocycles. The Morgan fingerprint density at radius 1 is 0.477 bits per heavy atom. The summed E-state index contributed by atoms with van der Waals surface area (Å²) >= 11 is 0. The second kappa shape index (κ2) is 16.0. The van der Waals surface area contributed by atoms with Crippen molar-refractivity contribution in [2.75, 3.05) is 16.3 Å². The molecule has 0 fully saturated rings. The van der Waals surface area contributed by atoms with Crippen LogP contribution in [0.3, 0.4) is 0 Å². The highest BCUT2D eigenvalue weighted by Gasteiger charge is 2.38. The van der Waals surface area contributed by atoms with E-state index in [0.29, 0.717) is 0 Å².